The number of thioether (sulfide) groups is 1. The third kappa shape index (κ3) is 4.86. The fourth-order valence-corrected chi connectivity index (χ4v) is 4.10. The molecule has 9 heteroatoms. The third-order valence-electron chi connectivity index (χ3n) is 3.82. The molecule has 0 aliphatic carbocycles. The van der Waals surface area contributed by atoms with Crippen LogP contribution in [0, 0.1) is 13.8 Å². The molecular formula is C18H22N6OS2. The lowest BCUT2D eigenvalue weighted by Gasteiger charge is -2.06. The Morgan fingerprint density at radius 3 is 2.74 bits per heavy atom. The van der Waals surface area contributed by atoms with E-state index in [4.69, 9.17) is 0 Å². The number of rotatable bonds is 8. The van der Waals surface area contributed by atoms with Crippen LogP contribution in [0.25, 0.3) is 5.69 Å². The highest BCUT2D eigenvalue weighted by atomic mass is 32.2. The Labute approximate surface area is 166 Å². The maximum Gasteiger partial charge on any atom is 0.234 e. The number of aryl methyl sites for hydroxylation is 1. The van der Waals surface area contributed by atoms with Gasteiger partial charge < -0.3 is 10.6 Å². The molecule has 142 valence electrons. The van der Waals surface area contributed by atoms with Gasteiger partial charge in [0, 0.05) is 6.54 Å². The topological polar surface area (TPSA) is 84.7 Å². The van der Waals surface area contributed by atoms with E-state index in [9.17, 15) is 4.79 Å². The third-order valence-corrected chi connectivity index (χ3v) is 5.83. The van der Waals surface area contributed by atoms with Crippen LogP contribution < -0.4 is 10.6 Å². The number of aromatic nitrogens is 4. The van der Waals surface area contributed by atoms with Crippen molar-refractivity contribution in [1.82, 2.24) is 20.0 Å². The molecule has 1 aromatic carbocycles. The zero-order chi connectivity index (χ0) is 19.2. The van der Waals surface area contributed by atoms with Crippen LogP contribution in [0.1, 0.15) is 24.7 Å². The van der Waals surface area contributed by atoms with Crippen molar-refractivity contribution in [3.63, 3.8) is 0 Å². The Hall–Kier alpha value is -2.39. The minimum absolute atomic E-state index is 0.0860. The SMILES string of the molecule is CCCNc1nnc(SCC(=O)Nc2c(C)nn(-c3ccccc3)c2C)s1. The van der Waals surface area contributed by atoms with Gasteiger partial charge in [-0.05, 0) is 32.4 Å². The van der Waals surface area contributed by atoms with Gasteiger partial charge in [-0.15, -0.1) is 10.2 Å². The average molecular weight is 403 g/mol. The number of nitrogens with zero attached hydrogens (tertiary/aromatic N) is 4. The highest BCUT2D eigenvalue weighted by molar-refractivity contribution is 8.01. The van der Waals surface area contributed by atoms with Crippen molar-refractivity contribution in [3.8, 4) is 5.69 Å². The lowest BCUT2D eigenvalue weighted by molar-refractivity contribution is -0.113. The first-order chi connectivity index (χ1) is 13.1. The summed E-state index contributed by atoms with van der Waals surface area (Å²) in [5, 5.41) is 19.7. The summed E-state index contributed by atoms with van der Waals surface area (Å²) in [6.45, 7) is 6.81. The van der Waals surface area contributed by atoms with Gasteiger partial charge in [0.05, 0.1) is 28.5 Å². The number of carbonyl (C=O) groups is 1. The van der Waals surface area contributed by atoms with E-state index in [2.05, 4.69) is 32.9 Å². The largest absolute Gasteiger partial charge is 0.360 e. The molecule has 2 aromatic heterocycles. The maximum absolute atomic E-state index is 12.4. The Balaban J connectivity index is 1.61. The number of nitrogens with one attached hydrogen (secondary N) is 2. The van der Waals surface area contributed by atoms with Gasteiger partial charge in [-0.25, -0.2) is 4.68 Å². The van der Waals surface area contributed by atoms with Crippen LogP contribution in [0.2, 0.25) is 0 Å². The summed E-state index contributed by atoms with van der Waals surface area (Å²) in [5.74, 6) is 0.190. The number of anilines is 2. The zero-order valence-corrected chi connectivity index (χ0v) is 17.2. The lowest BCUT2D eigenvalue weighted by Crippen LogP contribution is -2.15. The number of hydrogen-bond donors (Lipinski definition) is 2. The molecule has 0 aliphatic heterocycles. The minimum Gasteiger partial charge on any atom is -0.360 e. The van der Waals surface area contributed by atoms with Crippen molar-refractivity contribution in [2.75, 3.05) is 22.9 Å². The number of carbonyl (C=O) groups excluding carboxylic acids is 1. The van der Waals surface area contributed by atoms with Crippen LogP contribution in [0.4, 0.5) is 10.8 Å². The Morgan fingerprint density at radius 2 is 2.00 bits per heavy atom. The molecule has 7 nitrogen and oxygen atoms in total. The fourth-order valence-electron chi connectivity index (χ4n) is 2.52. The Bertz CT molecular complexity index is 906. The van der Waals surface area contributed by atoms with E-state index in [-0.39, 0.29) is 11.7 Å². The summed E-state index contributed by atoms with van der Waals surface area (Å²) in [5.41, 5.74) is 3.41. The second-order valence-corrected chi connectivity index (χ2v) is 8.13. The molecule has 27 heavy (non-hydrogen) atoms. The van der Waals surface area contributed by atoms with E-state index in [0.29, 0.717) is 0 Å². The van der Waals surface area contributed by atoms with Crippen molar-refractivity contribution in [2.24, 2.45) is 0 Å². The van der Waals surface area contributed by atoms with Crippen LogP contribution in [-0.4, -0.2) is 38.2 Å². The van der Waals surface area contributed by atoms with Crippen LogP contribution in [0.3, 0.4) is 0 Å². The van der Waals surface area contributed by atoms with Gasteiger partial charge >= 0.3 is 0 Å². The van der Waals surface area contributed by atoms with Crippen molar-refractivity contribution in [3.05, 3.63) is 41.7 Å². The van der Waals surface area contributed by atoms with Crippen LogP contribution in [0.15, 0.2) is 34.7 Å². The normalized spacial score (nSPS) is 10.8. The number of amides is 1. The quantitative estimate of drug-likeness (QED) is 0.556. The van der Waals surface area contributed by atoms with Crippen LogP contribution in [-0.2, 0) is 4.79 Å². The van der Waals surface area contributed by atoms with E-state index in [1.54, 1.807) is 0 Å². The van der Waals surface area contributed by atoms with Gasteiger partial charge in [-0.1, -0.05) is 48.2 Å². The van der Waals surface area contributed by atoms with Gasteiger partial charge in [0.25, 0.3) is 0 Å². The molecule has 0 saturated carbocycles. The van der Waals surface area contributed by atoms with Gasteiger partial charge in [0.2, 0.25) is 11.0 Å². The van der Waals surface area contributed by atoms with Crippen molar-refractivity contribution >= 4 is 39.8 Å². The summed E-state index contributed by atoms with van der Waals surface area (Å²) < 4.78 is 2.62. The van der Waals surface area contributed by atoms with Crippen LogP contribution >= 0.6 is 23.1 Å². The standard InChI is InChI=1S/C18H22N6OS2/c1-4-10-19-17-21-22-18(27-17)26-11-15(25)20-16-12(2)23-24(13(16)3)14-8-6-5-7-9-14/h5-9H,4,10-11H2,1-3H3,(H,19,21)(H,20,25). The van der Waals surface area contributed by atoms with E-state index in [0.717, 1.165) is 45.2 Å². The van der Waals surface area contributed by atoms with E-state index < -0.39 is 0 Å². The minimum atomic E-state index is -0.0860. The molecule has 2 heterocycles. The molecule has 0 radical (unpaired) electrons. The predicted octanol–water partition coefficient (Wildman–Crippen LogP) is 3.89. The molecule has 0 atom stereocenters. The first-order valence-electron chi connectivity index (χ1n) is 8.70. The van der Waals surface area contributed by atoms with Gasteiger partial charge in [0.1, 0.15) is 0 Å². The molecule has 0 spiro atoms. The molecule has 3 rings (SSSR count). The molecule has 0 aliphatic rings. The van der Waals surface area contributed by atoms with Crippen molar-refractivity contribution in [2.45, 2.75) is 31.5 Å². The molecule has 0 fully saturated rings. The predicted molar refractivity (Wildman–Crippen MR) is 111 cm³/mol. The molecule has 0 bridgehead atoms. The molecule has 2 N–H and O–H groups in total. The summed E-state index contributed by atoms with van der Waals surface area (Å²) in [4.78, 5) is 12.4. The Morgan fingerprint density at radius 1 is 1.22 bits per heavy atom. The van der Waals surface area contributed by atoms with E-state index in [1.165, 1.54) is 23.1 Å². The highest BCUT2D eigenvalue weighted by Gasteiger charge is 2.16. The molecule has 3 aromatic rings. The molecule has 0 unspecified atom stereocenters. The monoisotopic (exact) mass is 402 g/mol. The molecule has 1 amide bonds. The first kappa shape index (κ1) is 19.4. The lowest BCUT2D eigenvalue weighted by atomic mass is 10.3. The number of benzene rings is 1. The first-order valence-corrected chi connectivity index (χ1v) is 10.5. The summed E-state index contributed by atoms with van der Waals surface area (Å²) in [7, 11) is 0. The second-order valence-electron chi connectivity index (χ2n) is 5.93. The number of para-hydroxylation sites is 1. The summed E-state index contributed by atoms with van der Waals surface area (Å²) in [6.07, 6.45) is 1.03. The molecular weight excluding hydrogens is 380 g/mol. The zero-order valence-electron chi connectivity index (χ0n) is 15.5. The summed E-state index contributed by atoms with van der Waals surface area (Å²) >= 11 is 2.84. The Kier molecular flexibility index (Phi) is 6.46. The van der Waals surface area contributed by atoms with Gasteiger partial charge in [-0.3, -0.25) is 4.79 Å². The highest BCUT2D eigenvalue weighted by Crippen LogP contribution is 2.27. The van der Waals surface area contributed by atoms with Gasteiger partial charge in [0.15, 0.2) is 4.34 Å². The van der Waals surface area contributed by atoms with E-state index in [1.807, 2.05) is 48.9 Å². The van der Waals surface area contributed by atoms with E-state index >= 15 is 0 Å². The molecule has 0 saturated heterocycles. The summed E-state index contributed by atoms with van der Waals surface area (Å²) in [6, 6.07) is 9.87. The number of hydrogen-bond acceptors (Lipinski definition) is 7. The maximum atomic E-state index is 12.4. The second kappa shape index (κ2) is 9.01. The fraction of sp³-hybridized carbons (Fsp3) is 0.333. The average Bonchev–Trinajstić information content (AvgIpc) is 3.25. The van der Waals surface area contributed by atoms with Crippen molar-refractivity contribution in [1.29, 1.82) is 0 Å². The van der Waals surface area contributed by atoms with Crippen molar-refractivity contribution < 1.29 is 4.79 Å². The van der Waals surface area contributed by atoms with Gasteiger partial charge in [-0.2, -0.15) is 5.10 Å². The van der Waals surface area contributed by atoms with Crippen LogP contribution in [0.5, 0.6) is 0 Å². The smallest absolute Gasteiger partial charge is 0.234 e.